The summed E-state index contributed by atoms with van der Waals surface area (Å²) in [5.74, 6) is 4.79. The van der Waals surface area contributed by atoms with Crippen LogP contribution >= 0.6 is 0 Å². The third-order valence-electron chi connectivity index (χ3n) is 2.71. The monoisotopic (exact) mass is 200 g/mol. The van der Waals surface area contributed by atoms with Crippen molar-refractivity contribution < 1.29 is 9.53 Å². The fraction of sp³-hybridized carbons (Fsp3) is 0.900. The summed E-state index contributed by atoms with van der Waals surface area (Å²) in [6, 6.07) is 0. The first-order chi connectivity index (χ1) is 6.74. The van der Waals surface area contributed by atoms with Gasteiger partial charge in [-0.05, 0) is 19.8 Å². The molecule has 1 saturated carbocycles. The van der Waals surface area contributed by atoms with Gasteiger partial charge in [0.05, 0.1) is 6.10 Å². The Balaban J connectivity index is 2.30. The summed E-state index contributed by atoms with van der Waals surface area (Å²) in [5, 5.41) is 0. The molecule has 82 valence electrons. The van der Waals surface area contributed by atoms with Crippen LogP contribution in [0.4, 0.5) is 0 Å². The number of carbonyl (C=O) groups is 1. The Labute approximate surface area is 85.2 Å². The van der Waals surface area contributed by atoms with Crippen molar-refractivity contribution >= 4 is 5.91 Å². The average molecular weight is 200 g/mol. The minimum Gasteiger partial charge on any atom is -0.365 e. The van der Waals surface area contributed by atoms with Crippen LogP contribution < -0.4 is 11.3 Å². The standard InChI is InChI=1S/C10H20N2O2/c1-8(10(13)12-11)14-9-6-4-2-3-5-7-9/h8-9H,2-7,11H2,1H3,(H,12,13). The van der Waals surface area contributed by atoms with Crippen LogP contribution in [0.25, 0.3) is 0 Å². The molecule has 0 aromatic heterocycles. The summed E-state index contributed by atoms with van der Waals surface area (Å²) >= 11 is 0. The number of carbonyl (C=O) groups excluding carboxylic acids is 1. The number of amides is 1. The molecule has 0 aromatic carbocycles. The van der Waals surface area contributed by atoms with Crippen LogP contribution in [-0.4, -0.2) is 18.1 Å². The molecule has 0 spiro atoms. The van der Waals surface area contributed by atoms with E-state index in [1.165, 1.54) is 25.7 Å². The number of hydrazine groups is 1. The van der Waals surface area contributed by atoms with Gasteiger partial charge in [0.25, 0.3) is 5.91 Å². The van der Waals surface area contributed by atoms with Gasteiger partial charge in [0.15, 0.2) is 0 Å². The van der Waals surface area contributed by atoms with Gasteiger partial charge in [0.1, 0.15) is 6.10 Å². The molecule has 3 N–H and O–H groups in total. The van der Waals surface area contributed by atoms with Gasteiger partial charge < -0.3 is 4.74 Å². The van der Waals surface area contributed by atoms with Crippen molar-refractivity contribution in [1.82, 2.24) is 5.43 Å². The predicted molar refractivity (Wildman–Crippen MR) is 54.4 cm³/mol. The van der Waals surface area contributed by atoms with Crippen LogP contribution in [0.1, 0.15) is 45.4 Å². The second-order valence-electron chi connectivity index (χ2n) is 3.90. The zero-order chi connectivity index (χ0) is 10.4. The normalized spacial score (nSPS) is 21.3. The number of ether oxygens (including phenoxy) is 1. The minimum absolute atomic E-state index is 0.241. The Morgan fingerprint density at radius 1 is 1.36 bits per heavy atom. The van der Waals surface area contributed by atoms with Crippen molar-refractivity contribution in [2.24, 2.45) is 5.84 Å². The number of nitrogens with one attached hydrogen (secondary N) is 1. The molecule has 14 heavy (non-hydrogen) atoms. The molecular weight excluding hydrogens is 180 g/mol. The topological polar surface area (TPSA) is 64.3 Å². The molecule has 4 nitrogen and oxygen atoms in total. The van der Waals surface area contributed by atoms with Crippen LogP contribution in [0.15, 0.2) is 0 Å². The summed E-state index contributed by atoms with van der Waals surface area (Å²) in [7, 11) is 0. The molecule has 0 aromatic rings. The zero-order valence-corrected chi connectivity index (χ0v) is 8.79. The van der Waals surface area contributed by atoms with E-state index in [0.717, 1.165) is 12.8 Å². The molecule has 0 bridgehead atoms. The lowest BCUT2D eigenvalue weighted by Crippen LogP contribution is -2.40. The molecule has 1 unspecified atom stereocenters. The van der Waals surface area contributed by atoms with E-state index in [1.54, 1.807) is 6.92 Å². The molecular formula is C10H20N2O2. The number of rotatable bonds is 3. The molecule has 1 rings (SSSR count). The van der Waals surface area contributed by atoms with Crippen molar-refractivity contribution in [2.45, 2.75) is 57.7 Å². The van der Waals surface area contributed by atoms with Crippen molar-refractivity contribution in [3.8, 4) is 0 Å². The third-order valence-corrected chi connectivity index (χ3v) is 2.71. The molecule has 1 fully saturated rings. The highest BCUT2D eigenvalue weighted by molar-refractivity contribution is 5.79. The lowest BCUT2D eigenvalue weighted by atomic mass is 10.1. The number of hydrogen-bond donors (Lipinski definition) is 2. The molecule has 0 heterocycles. The molecule has 1 amide bonds. The summed E-state index contributed by atoms with van der Waals surface area (Å²) in [6.07, 6.45) is 6.95. The smallest absolute Gasteiger partial charge is 0.262 e. The molecule has 4 heteroatoms. The van der Waals surface area contributed by atoms with Crippen LogP contribution in [0, 0.1) is 0 Å². The van der Waals surface area contributed by atoms with Crippen molar-refractivity contribution in [3.05, 3.63) is 0 Å². The van der Waals surface area contributed by atoms with Crippen LogP contribution in [0.3, 0.4) is 0 Å². The van der Waals surface area contributed by atoms with Gasteiger partial charge in [0.2, 0.25) is 0 Å². The summed E-state index contributed by atoms with van der Waals surface area (Å²) in [4.78, 5) is 11.1. The molecule has 0 aliphatic heterocycles. The van der Waals surface area contributed by atoms with Gasteiger partial charge >= 0.3 is 0 Å². The molecule has 1 aliphatic carbocycles. The second kappa shape index (κ2) is 5.98. The van der Waals surface area contributed by atoms with E-state index >= 15 is 0 Å². The van der Waals surface area contributed by atoms with E-state index in [9.17, 15) is 4.79 Å². The highest BCUT2D eigenvalue weighted by atomic mass is 16.5. The first-order valence-corrected chi connectivity index (χ1v) is 5.40. The van der Waals surface area contributed by atoms with E-state index in [4.69, 9.17) is 10.6 Å². The lowest BCUT2D eigenvalue weighted by molar-refractivity contribution is -0.135. The Morgan fingerprint density at radius 3 is 2.43 bits per heavy atom. The van der Waals surface area contributed by atoms with Gasteiger partial charge in [-0.25, -0.2) is 5.84 Å². The van der Waals surface area contributed by atoms with E-state index in [0.29, 0.717) is 0 Å². The van der Waals surface area contributed by atoms with Gasteiger partial charge in [0, 0.05) is 0 Å². The third kappa shape index (κ3) is 3.64. The quantitative estimate of drug-likeness (QED) is 0.310. The van der Waals surface area contributed by atoms with Crippen molar-refractivity contribution in [1.29, 1.82) is 0 Å². The highest BCUT2D eigenvalue weighted by Gasteiger charge is 2.19. The largest absolute Gasteiger partial charge is 0.365 e. The van der Waals surface area contributed by atoms with E-state index in [1.807, 2.05) is 0 Å². The van der Waals surface area contributed by atoms with Crippen molar-refractivity contribution in [3.63, 3.8) is 0 Å². The van der Waals surface area contributed by atoms with Gasteiger partial charge in [-0.15, -0.1) is 0 Å². The molecule has 0 saturated heterocycles. The fourth-order valence-corrected chi connectivity index (χ4v) is 1.85. The number of hydrogen-bond acceptors (Lipinski definition) is 3. The van der Waals surface area contributed by atoms with E-state index < -0.39 is 6.10 Å². The summed E-state index contributed by atoms with van der Waals surface area (Å²) in [5.41, 5.74) is 2.11. The summed E-state index contributed by atoms with van der Waals surface area (Å²) in [6.45, 7) is 1.74. The summed E-state index contributed by atoms with van der Waals surface area (Å²) < 4.78 is 5.63. The van der Waals surface area contributed by atoms with Gasteiger partial charge in [-0.2, -0.15) is 0 Å². The van der Waals surface area contributed by atoms with Crippen LogP contribution in [-0.2, 0) is 9.53 Å². The Kier molecular flexibility index (Phi) is 4.90. The fourth-order valence-electron chi connectivity index (χ4n) is 1.85. The second-order valence-corrected chi connectivity index (χ2v) is 3.90. The zero-order valence-electron chi connectivity index (χ0n) is 8.79. The predicted octanol–water partition coefficient (Wildman–Crippen LogP) is 1.10. The number of nitrogens with two attached hydrogens (primary N) is 1. The van der Waals surface area contributed by atoms with Gasteiger partial charge in [-0.1, -0.05) is 25.7 Å². The van der Waals surface area contributed by atoms with Crippen molar-refractivity contribution in [2.75, 3.05) is 0 Å². The first kappa shape index (κ1) is 11.5. The average Bonchev–Trinajstić information content (AvgIpc) is 2.45. The van der Waals surface area contributed by atoms with E-state index in [2.05, 4.69) is 5.43 Å². The Hall–Kier alpha value is -0.610. The molecule has 0 radical (unpaired) electrons. The Bertz CT molecular complexity index is 177. The van der Waals surface area contributed by atoms with Crippen LogP contribution in [0.2, 0.25) is 0 Å². The maximum absolute atomic E-state index is 11.1. The van der Waals surface area contributed by atoms with Gasteiger partial charge in [-0.3, -0.25) is 10.2 Å². The highest BCUT2D eigenvalue weighted by Crippen LogP contribution is 2.20. The minimum atomic E-state index is -0.428. The SMILES string of the molecule is CC(OC1CCCCCC1)C(=O)NN. The lowest BCUT2D eigenvalue weighted by Gasteiger charge is -2.19. The first-order valence-electron chi connectivity index (χ1n) is 5.40. The van der Waals surface area contributed by atoms with Crippen LogP contribution in [0.5, 0.6) is 0 Å². The maximum atomic E-state index is 11.1. The Morgan fingerprint density at radius 2 is 1.93 bits per heavy atom. The molecule has 1 aliphatic rings. The maximum Gasteiger partial charge on any atom is 0.262 e. The van der Waals surface area contributed by atoms with E-state index in [-0.39, 0.29) is 12.0 Å². The molecule has 1 atom stereocenters.